The van der Waals surface area contributed by atoms with E-state index in [2.05, 4.69) is 28.5 Å². The minimum absolute atomic E-state index is 0.0382. The smallest absolute Gasteiger partial charge is 0.325 e. The number of carbonyl (C=O) groups is 3. The lowest BCUT2D eigenvalue weighted by Crippen LogP contribution is -2.48. The van der Waals surface area contributed by atoms with Gasteiger partial charge in [-0.05, 0) is 87.0 Å². The molecule has 3 aromatic rings. The largest absolute Gasteiger partial charge is 0.465 e. The second-order valence-electron chi connectivity index (χ2n) is 14.2. The molecule has 0 saturated carbocycles. The Morgan fingerprint density at radius 3 is 2.35 bits per heavy atom. The minimum Gasteiger partial charge on any atom is -0.465 e. The zero-order valence-electron chi connectivity index (χ0n) is 30.2. The van der Waals surface area contributed by atoms with Gasteiger partial charge in [-0.15, -0.1) is 0 Å². The van der Waals surface area contributed by atoms with E-state index in [0.717, 1.165) is 52.8 Å². The Labute approximate surface area is 300 Å². The van der Waals surface area contributed by atoms with E-state index in [-0.39, 0.29) is 56.4 Å². The van der Waals surface area contributed by atoms with Crippen molar-refractivity contribution < 1.29 is 38.4 Å². The zero-order chi connectivity index (χ0) is 36.5. The first-order valence-corrected chi connectivity index (χ1v) is 17.8. The van der Waals surface area contributed by atoms with E-state index in [0.29, 0.717) is 6.54 Å². The van der Waals surface area contributed by atoms with Crippen molar-refractivity contribution in [3.05, 3.63) is 95.1 Å². The van der Waals surface area contributed by atoms with Crippen LogP contribution in [0.25, 0.3) is 11.1 Å². The summed E-state index contributed by atoms with van der Waals surface area (Å²) in [6, 6.07) is 23.0. The molecule has 11 heteroatoms. The van der Waals surface area contributed by atoms with Crippen LogP contribution in [-0.4, -0.2) is 72.0 Å². The van der Waals surface area contributed by atoms with Crippen molar-refractivity contribution in [3.8, 4) is 11.1 Å². The van der Waals surface area contributed by atoms with E-state index in [4.69, 9.17) is 18.9 Å². The molecule has 3 N–H and O–H groups in total. The van der Waals surface area contributed by atoms with Crippen molar-refractivity contribution in [1.82, 2.24) is 15.5 Å². The third-order valence-electron chi connectivity index (χ3n) is 9.15. The number of aliphatic hydroxyl groups is 1. The number of nitrogens with one attached hydrogen (secondary N) is 2. The summed E-state index contributed by atoms with van der Waals surface area (Å²) in [6.07, 6.45) is 0.437. The number of hydrogen-bond donors (Lipinski definition) is 3. The lowest BCUT2D eigenvalue weighted by atomic mass is 9.89. The summed E-state index contributed by atoms with van der Waals surface area (Å²) in [4.78, 5) is 39.2. The van der Waals surface area contributed by atoms with E-state index in [1.165, 1.54) is 0 Å². The molecule has 0 aromatic heterocycles. The van der Waals surface area contributed by atoms with Crippen LogP contribution in [0, 0.1) is 5.92 Å². The average molecular weight is 702 g/mol. The van der Waals surface area contributed by atoms with Gasteiger partial charge in [-0.1, -0.05) is 67.6 Å². The van der Waals surface area contributed by atoms with Gasteiger partial charge in [0.25, 0.3) is 0 Å². The molecule has 2 heterocycles. The topological polar surface area (TPSA) is 136 Å². The second-order valence-corrected chi connectivity index (χ2v) is 14.2. The van der Waals surface area contributed by atoms with Crippen LogP contribution in [0.3, 0.4) is 0 Å². The molecule has 0 radical (unpaired) electrons. The molecule has 2 saturated heterocycles. The Kier molecular flexibility index (Phi) is 12.9. The summed E-state index contributed by atoms with van der Waals surface area (Å²) in [7, 11) is 0. The monoisotopic (exact) mass is 701 g/mol. The Balaban J connectivity index is 1.34. The lowest BCUT2D eigenvalue weighted by molar-refractivity contribution is -0.276. The van der Waals surface area contributed by atoms with Crippen LogP contribution in [-0.2, 0) is 41.7 Å². The fourth-order valence-corrected chi connectivity index (χ4v) is 6.58. The Morgan fingerprint density at radius 2 is 1.65 bits per heavy atom. The van der Waals surface area contributed by atoms with Crippen LogP contribution >= 0.6 is 0 Å². The van der Waals surface area contributed by atoms with Gasteiger partial charge in [-0.3, -0.25) is 14.5 Å². The van der Waals surface area contributed by atoms with Crippen molar-refractivity contribution in [3.63, 3.8) is 0 Å². The molecule has 3 aromatic carbocycles. The van der Waals surface area contributed by atoms with Crippen LogP contribution in [0.1, 0.15) is 82.1 Å². The van der Waals surface area contributed by atoms with Gasteiger partial charge in [0.05, 0.1) is 25.4 Å². The average Bonchev–Trinajstić information content (AvgIpc) is 3.59. The van der Waals surface area contributed by atoms with E-state index in [9.17, 15) is 19.5 Å². The molecular weight excluding hydrogens is 650 g/mol. The molecule has 274 valence electrons. The normalized spacial score (nSPS) is 22.3. The highest BCUT2D eigenvalue weighted by molar-refractivity contribution is 5.80. The standard InChI is InChI=1S/C40H51N3O8/c1-6-48-35(45)23-42-39(47)41-22-28-10-7-11-30(20-28)31-12-8-13-32(21-31)38-49-34(24-43-19-9-14-33(43)37(46)51-40(3,4)5)26(2)36(50-38)29-17-15-27(25-44)16-18-29/h7-8,10-13,15-18,20-21,26,33-34,36,38,44H,6,9,14,19,22-25H2,1-5H3,(H2,41,42,47)/t26-,33-,34+,36+,38+/m0/s1. The van der Waals surface area contributed by atoms with Crippen LogP contribution in [0.15, 0.2) is 72.8 Å². The molecule has 0 spiro atoms. The third-order valence-corrected chi connectivity index (χ3v) is 9.15. The van der Waals surface area contributed by atoms with E-state index < -0.39 is 23.9 Å². The number of aliphatic hydroxyl groups excluding tert-OH is 1. The van der Waals surface area contributed by atoms with E-state index in [1.54, 1.807) is 6.92 Å². The van der Waals surface area contributed by atoms with Gasteiger partial charge < -0.3 is 34.7 Å². The van der Waals surface area contributed by atoms with Gasteiger partial charge in [-0.2, -0.15) is 0 Å². The number of benzene rings is 3. The third kappa shape index (κ3) is 10.4. The molecule has 0 aliphatic carbocycles. The highest BCUT2D eigenvalue weighted by Crippen LogP contribution is 2.43. The van der Waals surface area contributed by atoms with Crippen LogP contribution in [0.4, 0.5) is 4.79 Å². The quantitative estimate of drug-likeness (QED) is 0.200. The molecule has 11 nitrogen and oxygen atoms in total. The van der Waals surface area contributed by atoms with Gasteiger partial charge in [0.1, 0.15) is 18.2 Å². The summed E-state index contributed by atoms with van der Waals surface area (Å²) in [5, 5.41) is 14.9. The second kappa shape index (κ2) is 17.3. The molecule has 2 aliphatic heterocycles. The summed E-state index contributed by atoms with van der Waals surface area (Å²) >= 11 is 0. The first-order chi connectivity index (χ1) is 24.4. The number of esters is 2. The van der Waals surface area contributed by atoms with Gasteiger partial charge in [0.2, 0.25) is 0 Å². The van der Waals surface area contributed by atoms with Crippen molar-refractivity contribution in [2.75, 3.05) is 26.2 Å². The van der Waals surface area contributed by atoms with Crippen molar-refractivity contribution in [2.24, 2.45) is 5.92 Å². The number of urea groups is 1. The molecule has 5 rings (SSSR count). The van der Waals surface area contributed by atoms with E-state index >= 15 is 0 Å². The first kappa shape index (κ1) is 38.0. The van der Waals surface area contributed by atoms with Crippen LogP contribution < -0.4 is 10.6 Å². The highest BCUT2D eigenvalue weighted by atomic mass is 16.7. The Hall–Kier alpha value is -4.29. The predicted octanol–water partition coefficient (Wildman–Crippen LogP) is 5.81. The molecular formula is C40H51N3O8. The van der Waals surface area contributed by atoms with E-state index in [1.807, 2.05) is 87.5 Å². The molecule has 2 aliphatic rings. The van der Waals surface area contributed by atoms with Gasteiger partial charge in [-0.25, -0.2) is 4.79 Å². The number of carbonyl (C=O) groups excluding carboxylic acids is 3. The SMILES string of the molecule is CCOC(=O)CNC(=O)NCc1cccc(-c2cccc([C@@H]3O[C@H](CN4CCC[C@H]4C(=O)OC(C)(C)C)[C@H](C)[C@H](c4ccc(CO)cc4)O3)c2)c1. The highest BCUT2D eigenvalue weighted by Gasteiger charge is 2.42. The molecule has 0 unspecified atom stereocenters. The Bertz CT molecular complexity index is 1640. The molecule has 5 atom stereocenters. The zero-order valence-corrected chi connectivity index (χ0v) is 30.2. The molecule has 0 bridgehead atoms. The number of nitrogens with zero attached hydrogens (tertiary/aromatic N) is 1. The number of rotatable bonds is 12. The maximum Gasteiger partial charge on any atom is 0.325 e. The number of likely N-dealkylation sites (tertiary alicyclic amines) is 1. The summed E-state index contributed by atoms with van der Waals surface area (Å²) in [5.74, 6) is -0.731. The first-order valence-electron chi connectivity index (χ1n) is 17.8. The fourth-order valence-electron chi connectivity index (χ4n) is 6.58. The van der Waals surface area contributed by atoms with Gasteiger partial charge in [0, 0.05) is 24.6 Å². The van der Waals surface area contributed by atoms with Crippen LogP contribution in [0.2, 0.25) is 0 Å². The fraction of sp³-hybridized carbons (Fsp3) is 0.475. The predicted molar refractivity (Wildman–Crippen MR) is 192 cm³/mol. The van der Waals surface area contributed by atoms with Crippen LogP contribution in [0.5, 0.6) is 0 Å². The maximum atomic E-state index is 13.2. The molecule has 51 heavy (non-hydrogen) atoms. The van der Waals surface area contributed by atoms with Crippen molar-refractivity contribution in [2.45, 2.75) is 90.8 Å². The Morgan fingerprint density at radius 1 is 0.922 bits per heavy atom. The van der Waals surface area contributed by atoms with Crippen molar-refractivity contribution in [1.29, 1.82) is 0 Å². The molecule has 2 amide bonds. The number of hydrogen-bond acceptors (Lipinski definition) is 9. The van der Waals surface area contributed by atoms with Crippen molar-refractivity contribution >= 4 is 18.0 Å². The summed E-state index contributed by atoms with van der Waals surface area (Å²) < 4.78 is 24.1. The number of amides is 2. The van der Waals surface area contributed by atoms with Gasteiger partial charge >= 0.3 is 18.0 Å². The summed E-state index contributed by atoms with van der Waals surface area (Å²) in [5.41, 5.74) is 4.91. The van der Waals surface area contributed by atoms with Gasteiger partial charge in [0.15, 0.2) is 6.29 Å². The maximum absolute atomic E-state index is 13.2. The molecule has 2 fully saturated rings. The minimum atomic E-state index is -0.677. The number of ether oxygens (including phenoxy) is 4. The summed E-state index contributed by atoms with van der Waals surface area (Å²) in [6.45, 7) is 11.1. The lowest BCUT2D eigenvalue weighted by Gasteiger charge is -2.43.